The largest absolute Gasteiger partial charge is 0.490 e. The van der Waals surface area contributed by atoms with E-state index in [2.05, 4.69) is 4.98 Å². The summed E-state index contributed by atoms with van der Waals surface area (Å²) in [6.45, 7) is 0.175. The fourth-order valence-corrected chi connectivity index (χ4v) is 3.32. The summed E-state index contributed by atoms with van der Waals surface area (Å²) in [5.74, 6) is 0.686. The number of rotatable bonds is 5. The van der Waals surface area contributed by atoms with Crippen LogP contribution in [-0.4, -0.2) is 36.5 Å². The molecule has 0 spiro atoms. The molecule has 144 valence electrons. The Bertz CT molecular complexity index is 1280. The van der Waals surface area contributed by atoms with Gasteiger partial charge in [-0.15, -0.1) is 0 Å². The first kappa shape index (κ1) is 18.0. The standard InChI is InChI=1S/C20H20N4O4/c1-22-18-17(19(26)23(2)20(22)27)24(12-21-18)10-14(25)11-28-16-9-5-7-13-6-3-4-8-15(13)16/h3-9,12,14,25H,10-11H2,1-2H3/t14-/m0/s1. The predicted octanol–water partition coefficient (Wildman–Crippen LogP) is 1.03. The molecule has 2 aromatic carbocycles. The zero-order valence-corrected chi connectivity index (χ0v) is 15.6. The lowest BCUT2D eigenvalue weighted by molar-refractivity contribution is 0.0941. The zero-order chi connectivity index (χ0) is 19.8. The van der Waals surface area contributed by atoms with Crippen molar-refractivity contribution >= 4 is 21.9 Å². The van der Waals surface area contributed by atoms with E-state index in [-0.39, 0.29) is 24.3 Å². The summed E-state index contributed by atoms with van der Waals surface area (Å²) in [6, 6.07) is 13.6. The zero-order valence-electron chi connectivity index (χ0n) is 15.6. The smallest absolute Gasteiger partial charge is 0.332 e. The third kappa shape index (κ3) is 2.97. The van der Waals surface area contributed by atoms with Gasteiger partial charge in [0.1, 0.15) is 18.5 Å². The first-order valence-corrected chi connectivity index (χ1v) is 8.87. The second-order valence-corrected chi connectivity index (χ2v) is 6.72. The highest BCUT2D eigenvalue weighted by atomic mass is 16.5. The van der Waals surface area contributed by atoms with Gasteiger partial charge in [0.05, 0.1) is 12.9 Å². The molecule has 4 aromatic rings. The lowest BCUT2D eigenvalue weighted by atomic mass is 10.1. The first-order valence-electron chi connectivity index (χ1n) is 8.87. The van der Waals surface area contributed by atoms with Crippen LogP contribution in [0.3, 0.4) is 0 Å². The summed E-state index contributed by atoms with van der Waals surface area (Å²) in [4.78, 5) is 28.6. The van der Waals surface area contributed by atoms with E-state index in [0.29, 0.717) is 5.75 Å². The minimum Gasteiger partial charge on any atom is -0.490 e. The molecule has 0 aliphatic carbocycles. The molecule has 0 aliphatic heterocycles. The molecule has 28 heavy (non-hydrogen) atoms. The SMILES string of the molecule is Cn1c(=O)c2c(ncn2C[C@H](O)COc2cccc3ccccc23)n(C)c1=O. The van der Waals surface area contributed by atoms with Gasteiger partial charge in [-0.25, -0.2) is 9.78 Å². The van der Waals surface area contributed by atoms with E-state index in [1.54, 1.807) is 11.6 Å². The topological polar surface area (TPSA) is 91.3 Å². The van der Waals surface area contributed by atoms with E-state index in [9.17, 15) is 14.7 Å². The van der Waals surface area contributed by atoms with Crippen LogP contribution in [0, 0.1) is 0 Å². The number of fused-ring (bicyclic) bond motifs is 2. The molecule has 0 bridgehead atoms. The fourth-order valence-electron chi connectivity index (χ4n) is 3.32. The maximum Gasteiger partial charge on any atom is 0.332 e. The second-order valence-electron chi connectivity index (χ2n) is 6.72. The molecule has 8 nitrogen and oxygen atoms in total. The number of aliphatic hydroxyl groups excluding tert-OH is 1. The van der Waals surface area contributed by atoms with Crippen LogP contribution in [0.5, 0.6) is 5.75 Å². The van der Waals surface area contributed by atoms with E-state index in [0.717, 1.165) is 15.3 Å². The molecule has 0 saturated carbocycles. The van der Waals surface area contributed by atoms with E-state index >= 15 is 0 Å². The minimum atomic E-state index is -0.863. The number of aryl methyl sites for hydroxylation is 1. The van der Waals surface area contributed by atoms with Gasteiger partial charge in [0, 0.05) is 19.5 Å². The maximum absolute atomic E-state index is 12.5. The average molecular weight is 380 g/mol. The quantitative estimate of drug-likeness (QED) is 0.558. The Labute approximate surface area is 159 Å². The number of aromatic nitrogens is 4. The second kappa shape index (κ2) is 6.97. The molecule has 0 unspecified atom stereocenters. The van der Waals surface area contributed by atoms with Gasteiger partial charge in [-0.1, -0.05) is 36.4 Å². The first-order chi connectivity index (χ1) is 13.5. The van der Waals surface area contributed by atoms with Gasteiger partial charge in [-0.3, -0.25) is 13.9 Å². The van der Waals surface area contributed by atoms with Crippen molar-refractivity contribution in [3.63, 3.8) is 0 Å². The summed E-state index contributed by atoms with van der Waals surface area (Å²) in [7, 11) is 2.98. The molecule has 0 radical (unpaired) electrons. The summed E-state index contributed by atoms with van der Waals surface area (Å²) in [6.07, 6.45) is 0.588. The molecule has 4 rings (SSSR count). The van der Waals surface area contributed by atoms with Crippen molar-refractivity contribution in [2.75, 3.05) is 6.61 Å². The van der Waals surface area contributed by atoms with Crippen molar-refractivity contribution in [2.45, 2.75) is 12.6 Å². The average Bonchev–Trinajstić information content (AvgIpc) is 3.12. The van der Waals surface area contributed by atoms with Crippen molar-refractivity contribution in [3.8, 4) is 5.75 Å². The van der Waals surface area contributed by atoms with E-state index in [1.807, 2.05) is 42.5 Å². The van der Waals surface area contributed by atoms with Crippen LogP contribution in [0.4, 0.5) is 0 Å². The van der Waals surface area contributed by atoms with Crippen LogP contribution < -0.4 is 16.0 Å². The Morgan fingerprint density at radius 1 is 1.07 bits per heavy atom. The highest BCUT2D eigenvalue weighted by molar-refractivity contribution is 5.88. The van der Waals surface area contributed by atoms with Crippen molar-refractivity contribution in [2.24, 2.45) is 14.1 Å². The number of imidazole rings is 1. The molecule has 0 amide bonds. The summed E-state index contributed by atoms with van der Waals surface area (Å²) in [5.41, 5.74) is -0.329. The monoisotopic (exact) mass is 380 g/mol. The molecular formula is C20H20N4O4. The van der Waals surface area contributed by atoms with Crippen LogP contribution in [0.2, 0.25) is 0 Å². The molecule has 1 atom stereocenters. The van der Waals surface area contributed by atoms with Crippen molar-refractivity contribution < 1.29 is 9.84 Å². The Kier molecular flexibility index (Phi) is 4.48. The predicted molar refractivity (Wildman–Crippen MR) is 106 cm³/mol. The number of hydrogen-bond acceptors (Lipinski definition) is 5. The third-order valence-corrected chi connectivity index (χ3v) is 4.81. The normalized spacial score (nSPS) is 12.5. The van der Waals surface area contributed by atoms with E-state index in [4.69, 9.17) is 4.74 Å². The van der Waals surface area contributed by atoms with Gasteiger partial charge in [0.2, 0.25) is 0 Å². The molecule has 0 saturated heterocycles. The Balaban J connectivity index is 1.57. The number of aliphatic hydroxyl groups is 1. The van der Waals surface area contributed by atoms with Crippen LogP contribution >= 0.6 is 0 Å². The Hall–Kier alpha value is -3.39. The number of benzene rings is 2. The Morgan fingerprint density at radius 3 is 2.64 bits per heavy atom. The number of ether oxygens (including phenoxy) is 1. The highest BCUT2D eigenvalue weighted by Gasteiger charge is 2.16. The van der Waals surface area contributed by atoms with Crippen LogP contribution in [-0.2, 0) is 20.6 Å². The van der Waals surface area contributed by atoms with E-state index < -0.39 is 17.4 Å². The van der Waals surface area contributed by atoms with Gasteiger partial charge in [-0.2, -0.15) is 0 Å². The van der Waals surface area contributed by atoms with Crippen molar-refractivity contribution in [3.05, 3.63) is 69.6 Å². The summed E-state index contributed by atoms with van der Waals surface area (Å²) < 4.78 is 9.71. The molecule has 0 fully saturated rings. The van der Waals surface area contributed by atoms with Gasteiger partial charge in [0.25, 0.3) is 5.56 Å². The molecule has 1 N–H and O–H groups in total. The van der Waals surface area contributed by atoms with Crippen molar-refractivity contribution in [1.29, 1.82) is 0 Å². The van der Waals surface area contributed by atoms with Crippen LogP contribution in [0.1, 0.15) is 0 Å². The molecular weight excluding hydrogens is 360 g/mol. The lowest BCUT2D eigenvalue weighted by Crippen LogP contribution is -2.38. The Morgan fingerprint density at radius 2 is 1.82 bits per heavy atom. The van der Waals surface area contributed by atoms with Crippen LogP contribution in [0.25, 0.3) is 21.9 Å². The maximum atomic E-state index is 12.5. The number of nitrogens with zero attached hydrogens (tertiary/aromatic N) is 4. The van der Waals surface area contributed by atoms with Crippen LogP contribution in [0.15, 0.2) is 58.4 Å². The fraction of sp³-hybridized carbons (Fsp3) is 0.250. The minimum absolute atomic E-state index is 0.0553. The molecule has 2 heterocycles. The molecule has 2 aromatic heterocycles. The lowest BCUT2D eigenvalue weighted by Gasteiger charge is -2.15. The molecule has 8 heteroatoms. The number of hydrogen-bond donors (Lipinski definition) is 1. The van der Waals surface area contributed by atoms with Gasteiger partial charge in [0.15, 0.2) is 11.2 Å². The summed E-state index contributed by atoms with van der Waals surface area (Å²) >= 11 is 0. The van der Waals surface area contributed by atoms with Gasteiger partial charge < -0.3 is 14.4 Å². The van der Waals surface area contributed by atoms with Gasteiger partial charge >= 0.3 is 5.69 Å². The molecule has 0 aliphatic rings. The third-order valence-electron chi connectivity index (χ3n) is 4.81. The summed E-state index contributed by atoms with van der Waals surface area (Å²) in [5, 5.41) is 12.5. The highest BCUT2D eigenvalue weighted by Crippen LogP contribution is 2.25. The van der Waals surface area contributed by atoms with Gasteiger partial charge in [-0.05, 0) is 11.5 Å². The van der Waals surface area contributed by atoms with E-state index in [1.165, 1.54) is 17.9 Å². The van der Waals surface area contributed by atoms with Crippen molar-refractivity contribution in [1.82, 2.24) is 18.7 Å².